The molecule has 0 spiro atoms. The van der Waals surface area contributed by atoms with Gasteiger partial charge in [-0.3, -0.25) is 0 Å². The highest BCUT2D eigenvalue weighted by molar-refractivity contribution is 5.29. The van der Waals surface area contributed by atoms with E-state index < -0.39 is 0 Å². The summed E-state index contributed by atoms with van der Waals surface area (Å²) in [6.45, 7) is 6.00. The molecule has 2 rings (SSSR count). The summed E-state index contributed by atoms with van der Waals surface area (Å²) in [7, 11) is 0. The molecule has 94 valence electrons. The zero-order valence-corrected chi connectivity index (χ0v) is 10.8. The summed E-state index contributed by atoms with van der Waals surface area (Å²) in [5.74, 6) is 0. The van der Waals surface area contributed by atoms with E-state index in [0.717, 1.165) is 25.9 Å². The maximum absolute atomic E-state index is 9.66. The molecule has 2 nitrogen and oxygen atoms in total. The first-order chi connectivity index (χ1) is 8.13. The fourth-order valence-electron chi connectivity index (χ4n) is 2.83. The summed E-state index contributed by atoms with van der Waals surface area (Å²) >= 11 is 0. The standard InChI is InChI=1S/C15H22O2/c1-12-6-13(2)8-14(7-12)9-15(10-16)4-3-5-17-11-15/h6-8,16H,3-5,9-11H2,1-2H3. The molecule has 0 amide bonds. The molecule has 0 bridgehead atoms. The van der Waals surface area contributed by atoms with E-state index in [1.807, 2.05) is 0 Å². The van der Waals surface area contributed by atoms with Crippen molar-refractivity contribution in [2.45, 2.75) is 33.1 Å². The molecular formula is C15H22O2. The van der Waals surface area contributed by atoms with Crippen molar-refractivity contribution in [1.82, 2.24) is 0 Å². The Labute approximate surface area is 104 Å². The Balaban J connectivity index is 2.17. The van der Waals surface area contributed by atoms with Crippen molar-refractivity contribution in [3.8, 4) is 0 Å². The lowest BCUT2D eigenvalue weighted by molar-refractivity contribution is -0.0379. The van der Waals surface area contributed by atoms with E-state index in [0.29, 0.717) is 6.61 Å². The van der Waals surface area contributed by atoms with Crippen LogP contribution in [-0.4, -0.2) is 24.9 Å². The molecule has 17 heavy (non-hydrogen) atoms. The van der Waals surface area contributed by atoms with Gasteiger partial charge in [0.25, 0.3) is 0 Å². The van der Waals surface area contributed by atoms with Crippen LogP contribution in [-0.2, 0) is 11.2 Å². The van der Waals surface area contributed by atoms with Gasteiger partial charge in [-0.25, -0.2) is 0 Å². The average Bonchev–Trinajstić information content (AvgIpc) is 2.29. The van der Waals surface area contributed by atoms with Gasteiger partial charge in [0.05, 0.1) is 13.2 Å². The average molecular weight is 234 g/mol. The lowest BCUT2D eigenvalue weighted by Gasteiger charge is -2.35. The van der Waals surface area contributed by atoms with Crippen molar-refractivity contribution in [3.05, 3.63) is 34.9 Å². The highest BCUT2D eigenvalue weighted by Gasteiger charge is 2.32. The van der Waals surface area contributed by atoms with Gasteiger partial charge in [0.1, 0.15) is 0 Å². The van der Waals surface area contributed by atoms with Crippen molar-refractivity contribution in [2.75, 3.05) is 19.8 Å². The van der Waals surface area contributed by atoms with Gasteiger partial charge in [-0.2, -0.15) is 0 Å². The Kier molecular flexibility index (Phi) is 3.85. The highest BCUT2D eigenvalue weighted by Crippen LogP contribution is 2.32. The van der Waals surface area contributed by atoms with Crippen molar-refractivity contribution in [2.24, 2.45) is 5.41 Å². The van der Waals surface area contributed by atoms with Crippen molar-refractivity contribution < 1.29 is 9.84 Å². The summed E-state index contributed by atoms with van der Waals surface area (Å²) in [5, 5.41) is 9.66. The van der Waals surface area contributed by atoms with E-state index in [4.69, 9.17) is 4.74 Å². The van der Waals surface area contributed by atoms with E-state index in [2.05, 4.69) is 32.0 Å². The Bertz CT molecular complexity index is 358. The predicted molar refractivity (Wildman–Crippen MR) is 69.2 cm³/mol. The fourth-order valence-corrected chi connectivity index (χ4v) is 2.83. The maximum Gasteiger partial charge on any atom is 0.0547 e. The first-order valence-corrected chi connectivity index (χ1v) is 6.39. The Hall–Kier alpha value is -0.860. The first kappa shape index (κ1) is 12.6. The second-order valence-electron chi connectivity index (χ2n) is 5.49. The number of hydrogen-bond donors (Lipinski definition) is 1. The number of hydrogen-bond acceptors (Lipinski definition) is 2. The predicted octanol–water partition coefficient (Wildman–Crippen LogP) is 2.64. The number of aliphatic hydroxyl groups is 1. The van der Waals surface area contributed by atoms with Crippen molar-refractivity contribution in [3.63, 3.8) is 0 Å². The zero-order chi connectivity index (χ0) is 12.3. The molecule has 0 saturated carbocycles. The molecular weight excluding hydrogens is 212 g/mol. The van der Waals surface area contributed by atoms with Gasteiger partial charge in [0.2, 0.25) is 0 Å². The van der Waals surface area contributed by atoms with Crippen molar-refractivity contribution >= 4 is 0 Å². The Morgan fingerprint density at radius 1 is 1.24 bits per heavy atom. The second-order valence-corrected chi connectivity index (χ2v) is 5.49. The smallest absolute Gasteiger partial charge is 0.0547 e. The van der Waals surface area contributed by atoms with E-state index in [9.17, 15) is 5.11 Å². The fraction of sp³-hybridized carbons (Fsp3) is 0.600. The van der Waals surface area contributed by atoms with Crippen LogP contribution in [0.1, 0.15) is 29.5 Å². The van der Waals surface area contributed by atoms with Crippen LogP contribution >= 0.6 is 0 Å². The first-order valence-electron chi connectivity index (χ1n) is 6.39. The molecule has 1 unspecified atom stereocenters. The molecule has 1 fully saturated rings. The quantitative estimate of drug-likeness (QED) is 0.871. The maximum atomic E-state index is 9.66. The van der Waals surface area contributed by atoms with Gasteiger partial charge in [0, 0.05) is 12.0 Å². The normalized spacial score (nSPS) is 24.9. The molecule has 0 aromatic heterocycles. The van der Waals surface area contributed by atoms with E-state index in [1.54, 1.807) is 0 Å². The van der Waals surface area contributed by atoms with Crippen LogP contribution in [0.3, 0.4) is 0 Å². The molecule has 1 aliphatic rings. The summed E-state index contributed by atoms with van der Waals surface area (Å²) in [4.78, 5) is 0. The SMILES string of the molecule is Cc1cc(C)cc(CC2(CO)CCCOC2)c1. The molecule has 1 aromatic carbocycles. The minimum atomic E-state index is -0.0571. The van der Waals surface area contributed by atoms with Crippen molar-refractivity contribution in [1.29, 1.82) is 0 Å². The third-order valence-electron chi connectivity index (χ3n) is 3.60. The topological polar surface area (TPSA) is 29.5 Å². The van der Waals surface area contributed by atoms with Crippen LogP contribution in [0.25, 0.3) is 0 Å². The van der Waals surface area contributed by atoms with E-state index in [1.165, 1.54) is 16.7 Å². The Morgan fingerprint density at radius 2 is 1.94 bits per heavy atom. The minimum absolute atomic E-state index is 0.0571. The largest absolute Gasteiger partial charge is 0.396 e. The molecule has 1 aliphatic heterocycles. The summed E-state index contributed by atoms with van der Waals surface area (Å²) in [6, 6.07) is 6.63. The van der Waals surface area contributed by atoms with Gasteiger partial charge in [-0.1, -0.05) is 29.3 Å². The van der Waals surface area contributed by atoms with Crippen LogP contribution in [0.15, 0.2) is 18.2 Å². The zero-order valence-electron chi connectivity index (χ0n) is 10.8. The molecule has 2 heteroatoms. The number of rotatable bonds is 3. The van der Waals surface area contributed by atoms with Gasteiger partial charge in [0.15, 0.2) is 0 Å². The number of benzene rings is 1. The van der Waals surface area contributed by atoms with Crippen LogP contribution in [0.2, 0.25) is 0 Å². The molecule has 1 N–H and O–H groups in total. The third-order valence-corrected chi connectivity index (χ3v) is 3.60. The second kappa shape index (κ2) is 5.19. The van der Waals surface area contributed by atoms with Gasteiger partial charge >= 0.3 is 0 Å². The number of aliphatic hydroxyl groups excluding tert-OH is 1. The van der Waals surface area contributed by atoms with Crippen LogP contribution in [0.5, 0.6) is 0 Å². The molecule has 0 radical (unpaired) electrons. The summed E-state index contributed by atoms with van der Waals surface area (Å²) < 4.78 is 5.55. The third kappa shape index (κ3) is 3.08. The van der Waals surface area contributed by atoms with Gasteiger partial charge in [-0.05, 0) is 38.7 Å². The number of aryl methyl sites for hydroxylation is 2. The van der Waals surface area contributed by atoms with Gasteiger partial charge in [-0.15, -0.1) is 0 Å². The Morgan fingerprint density at radius 3 is 2.47 bits per heavy atom. The summed E-state index contributed by atoms with van der Waals surface area (Å²) in [6.07, 6.45) is 3.05. The van der Waals surface area contributed by atoms with Crippen LogP contribution < -0.4 is 0 Å². The lowest BCUT2D eigenvalue weighted by atomic mass is 9.77. The molecule has 1 heterocycles. The number of ether oxygens (including phenoxy) is 1. The highest BCUT2D eigenvalue weighted by atomic mass is 16.5. The molecule has 1 aromatic rings. The van der Waals surface area contributed by atoms with E-state index in [-0.39, 0.29) is 12.0 Å². The molecule has 0 aliphatic carbocycles. The summed E-state index contributed by atoms with van der Waals surface area (Å²) in [5.41, 5.74) is 3.86. The monoisotopic (exact) mass is 234 g/mol. The van der Waals surface area contributed by atoms with Gasteiger partial charge < -0.3 is 9.84 Å². The molecule has 1 saturated heterocycles. The molecule has 1 atom stereocenters. The van der Waals surface area contributed by atoms with Crippen LogP contribution in [0, 0.1) is 19.3 Å². The minimum Gasteiger partial charge on any atom is -0.396 e. The van der Waals surface area contributed by atoms with E-state index >= 15 is 0 Å². The lowest BCUT2D eigenvalue weighted by Crippen LogP contribution is -2.37. The van der Waals surface area contributed by atoms with Crippen LogP contribution in [0.4, 0.5) is 0 Å².